The number of nitrogens with one attached hydrogen (secondary N) is 1. The Labute approximate surface area is 272 Å². The van der Waals surface area contributed by atoms with Gasteiger partial charge in [0, 0.05) is 36.4 Å². The predicted octanol–water partition coefficient (Wildman–Crippen LogP) is 8.76. The molecule has 232 valence electrons. The maximum Gasteiger partial charge on any atom is 0.310 e. The van der Waals surface area contributed by atoms with Crippen LogP contribution in [0, 0.1) is 5.41 Å². The van der Waals surface area contributed by atoms with Gasteiger partial charge in [-0.2, -0.15) is 0 Å². The lowest BCUT2D eigenvalue weighted by Crippen LogP contribution is -2.31. The van der Waals surface area contributed by atoms with E-state index in [0.717, 1.165) is 68.7 Å². The summed E-state index contributed by atoms with van der Waals surface area (Å²) in [5.41, 5.74) is 7.24. The fourth-order valence-corrected chi connectivity index (χ4v) is 6.98. The van der Waals surface area contributed by atoms with E-state index in [1.165, 1.54) is 0 Å². The summed E-state index contributed by atoms with van der Waals surface area (Å²) in [7, 11) is 0. The van der Waals surface area contributed by atoms with Crippen molar-refractivity contribution in [3.63, 3.8) is 0 Å². The average Bonchev–Trinajstić information content (AvgIpc) is 3.69. The molecule has 0 amide bonds. The number of pyridine rings is 1. The van der Waals surface area contributed by atoms with E-state index in [-0.39, 0.29) is 0 Å². The molecular formula is C38H36N4O3S. The molecule has 0 atom stereocenters. The molecule has 1 fully saturated rings. The lowest BCUT2D eigenvalue weighted by atomic mass is 9.82. The van der Waals surface area contributed by atoms with Gasteiger partial charge in [0.15, 0.2) is 0 Å². The number of carbonyl (C=O) groups is 1. The molecule has 1 aliphatic rings. The van der Waals surface area contributed by atoms with Gasteiger partial charge in [0.25, 0.3) is 0 Å². The molecule has 7 nitrogen and oxygen atoms in total. The van der Waals surface area contributed by atoms with Crippen LogP contribution in [-0.2, 0) is 24.4 Å². The van der Waals surface area contributed by atoms with Crippen molar-refractivity contribution in [2.75, 3.05) is 11.0 Å². The summed E-state index contributed by atoms with van der Waals surface area (Å²) in [6.07, 6.45) is 5.62. The van der Waals surface area contributed by atoms with Gasteiger partial charge in [0.2, 0.25) is 0 Å². The fraction of sp³-hybridized carbons (Fsp3) is 0.237. The van der Waals surface area contributed by atoms with Crippen LogP contribution in [0.2, 0.25) is 0 Å². The number of carboxylic acid groups (broad SMARTS) is 1. The molecule has 1 aliphatic carbocycles. The molecule has 7 rings (SSSR count). The fourth-order valence-electron chi connectivity index (χ4n) is 6.61. The second kappa shape index (κ2) is 12.9. The quantitative estimate of drug-likeness (QED) is 0.139. The maximum atomic E-state index is 12.6. The smallest absolute Gasteiger partial charge is 0.310 e. The van der Waals surface area contributed by atoms with Gasteiger partial charge in [-0.1, -0.05) is 79.4 Å². The first-order valence-electron chi connectivity index (χ1n) is 15.7. The van der Waals surface area contributed by atoms with Crippen molar-refractivity contribution in [1.29, 1.82) is 0 Å². The summed E-state index contributed by atoms with van der Waals surface area (Å²) >= 11 is 1.57. The Hall–Kier alpha value is -4.82. The van der Waals surface area contributed by atoms with Gasteiger partial charge in [0.05, 0.1) is 27.7 Å². The van der Waals surface area contributed by atoms with Gasteiger partial charge in [-0.25, -0.2) is 9.97 Å². The number of para-hydroxylation sites is 1. The van der Waals surface area contributed by atoms with Crippen molar-refractivity contribution >= 4 is 45.5 Å². The highest BCUT2D eigenvalue weighted by atomic mass is 32.2. The molecule has 2 aromatic heterocycles. The molecule has 0 bridgehead atoms. The Morgan fingerprint density at radius 3 is 2.52 bits per heavy atom. The largest absolute Gasteiger partial charge is 0.487 e. The number of aromatic nitrogens is 3. The van der Waals surface area contributed by atoms with E-state index < -0.39 is 11.4 Å². The number of rotatable bonds is 11. The third-order valence-corrected chi connectivity index (χ3v) is 9.50. The Bertz CT molecular complexity index is 2020. The van der Waals surface area contributed by atoms with Gasteiger partial charge in [0.1, 0.15) is 18.2 Å². The summed E-state index contributed by atoms with van der Waals surface area (Å²) in [6, 6.07) is 35.0. The number of aliphatic carboxylic acids is 1. The van der Waals surface area contributed by atoms with Crippen molar-refractivity contribution in [1.82, 2.24) is 14.5 Å². The highest BCUT2D eigenvalue weighted by molar-refractivity contribution is 7.99. The van der Waals surface area contributed by atoms with Crippen molar-refractivity contribution in [3.8, 4) is 16.9 Å². The summed E-state index contributed by atoms with van der Waals surface area (Å²) in [5.74, 6) is 0.774. The number of hydrogen-bond donors (Lipinski definition) is 2. The summed E-state index contributed by atoms with van der Waals surface area (Å²) in [6.45, 7) is 0.926. The molecule has 1 saturated carbocycles. The number of imidazole rings is 1. The second-order valence-electron chi connectivity index (χ2n) is 12.1. The van der Waals surface area contributed by atoms with E-state index in [2.05, 4.69) is 63.9 Å². The van der Waals surface area contributed by atoms with Crippen LogP contribution in [0.15, 0.2) is 103 Å². The second-order valence-corrected chi connectivity index (χ2v) is 12.7. The van der Waals surface area contributed by atoms with Gasteiger partial charge >= 0.3 is 5.97 Å². The average molecular weight is 629 g/mol. The molecule has 0 radical (unpaired) electrons. The van der Waals surface area contributed by atoms with Crippen LogP contribution in [0.3, 0.4) is 0 Å². The highest BCUT2D eigenvalue weighted by Crippen LogP contribution is 2.42. The normalized spacial score (nSPS) is 14.1. The molecule has 8 heteroatoms. The van der Waals surface area contributed by atoms with Crippen molar-refractivity contribution in [3.05, 3.63) is 120 Å². The molecule has 0 saturated heterocycles. The molecular weight excluding hydrogens is 593 g/mol. The first kappa shape index (κ1) is 29.9. The van der Waals surface area contributed by atoms with Gasteiger partial charge in [-0.15, -0.1) is 0 Å². The molecule has 2 heterocycles. The van der Waals surface area contributed by atoms with Crippen LogP contribution in [0.5, 0.6) is 5.75 Å². The summed E-state index contributed by atoms with van der Waals surface area (Å²) in [4.78, 5) is 22.4. The number of carboxylic acids is 1. The molecule has 46 heavy (non-hydrogen) atoms. The van der Waals surface area contributed by atoms with Crippen LogP contribution < -0.4 is 9.46 Å². The number of anilines is 1. The Kier molecular flexibility index (Phi) is 8.37. The molecule has 6 aromatic rings. The molecule has 0 aliphatic heterocycles. The number of ether oxygens (including phenoxy) is 1. The topological polar surface area (TPSA) is 89.3 Å². The Balaban J connectivity index is 1.19. The minimum absolute atomic E-state index is 0.340. The van der Waals surface area contributed by atoms with Crippen LogP contribution in [0.4, 0.5) is 5.69 Å². The first-order chi connectivity index (χ1) is 22.5. The minimum atomic E-state index is -0.783. The lowest BCUT2D eigenvalue weighted by Gasteiger charge is -2.24. The summed E-state index contributed by atoms with van der Waals surface area (Å²) < 4.78 is 11.6. The van der Waals surface area contributed by atoms with E-state index in [0.29, 0.717) is 38.2 Å². The molecule has 4 aromatic carbocycles. The highest BCUT2D eigenvalue weighted by Gasteiger charge is 2.42. The van der Waals surface area contributed by atoms with Crippen LogP contribution in [0.1, 0.15) is 42.8 Å². The monoisotopic (exact) mass is 628 g/mol. The standard InChI is InChI=1S/C38H36N4O3S/c1-46-41-30-14-11-27(12-15-30)29-9-6-7-26(21-29)24-42-35-18-17-32(45-25-31-16-13-28-8-2-3-10-33(28)39-31)22-34(35)40-36(42)23-38(37(43)44)19-4-5-20-38/h2-3,6-18,21-22,41H,4-5,19-20,23-25H2,1H3,(H,43,44). The molecule has 0 spiro atoms. The first-order valence-corrected chi connectivity index (χ1v) is 16.9. The van der Waals surface area contributed by atoms with Gasteiger partial charge in [-0.3, -0.25) is 4.79 Å². The lowest BCUT2D eigenvalue weighted by molar-refractivity contribution is -0.148. The van der Waals surface area contributed by atoms with E-state index in [9.17, 15) is 9.90 Å². The third kappa shape index (κ3) is 6.17. The van der Waals surface area contributed by atoms with Crippen molar-refractivity contribution in [2.45, 2.75) is 45.3 Å². The number of fused-ring (bicyclic) bond motifs is 2. The zero-order valence-electron chi connectivity index (χ0n) is 25.8. The maximum absolute atomic E-state index is 12.6. The SMILES string of the molecule is CSNc1ccc(-c2cccc(Cn3c(CC4(C(=O)O)CCCC4)nc4cc(OCc5ccc6ccccc6n5)ccc43)c2)cc1. The van der Waals surface area contributed by atoms with Crippen molar-refractivity contribution < 1.29 is 14.6 Å². The van der Waals surface area contributed by atoms with Gasteiger partial charge < -0.3 is 19.1 Å². The van der Waals surface area contributed by atoms with Crippen LogP contribution in [-0.4, -0.2) is 31.9 Å². The summed E-state index contributed by atoms with van der Waals surface area (Å²) in [5, 5.41) is 11.4. The molecule has 0 unspecified atom stereocenters. The number of nitrogens with zero attached hydrogens (tertiary/aromatic N) is 3. The third-order valence-electron chi connectivity index (χ3n) is 9.06. The predicted molar refractivity (Wildman–Crippen MR) is 186 cm³/mol. The van der Waals surface area contributed by atoms with E-state index in [1.54, 1.807) is 11.9 Å². The minimum Gasteiger partial charge on any atom is -0.487 e. The van der Waals surface area contributed by atoms with Crippen molar-refractivity contribution in [2.24, 2.45) is 5.41 Å². The van der Waals surface area contributed by atoms with Gasteiger partial charge in [-0.05, 0) is 72.0 Å². The Morgan fingerprint density at radius 1 is 0.891 bits per heavy atom. The van der Waals surface area contributed by atoms with Crippen LogP contribution >= 0.6 is 11.9 Å². The zero-order chi connectivity index (χ0) is 31.5. The molecule has 2 N–H and O–H groups in total. The van der Waals surface area contributed by atoms with E-state index in [1.807, 2.05) is 54.8 Å². The Morgan fingerprint density at radius 2 is 1.72 bits per heavy atom. The number of benzene rings is 4. The van der Waals surface area contributed by atoms with E-state index in [4.69, 9.17) is 14.7 Å². The zero-order valence-corrected chi connectivity index (χ0v) is 26.6. The number of hydrogen-bond acceptors (Lipinski definition) is 6. The van der Waals surface area contributed by atoms with E-state index >= 15 is 0 Å². The van der Waals surface area contributed by atoms with Crippen LogP contribution in [0.25, 0.3) is 33.1 Å².